The van der Waals surface area contributed by atoms with Gasteiger partial charge in [-0.15, -0.1) is 10.2 Å². The molecular formula is C19H17N3O3. The largest absolute Gasteiger partial charge is 0.508 e. The number of aromatic hydroxyl groups is 1. The molecule has 0 unspecified atom stereocenters. The Bertz CT molecular complexity index is 845. The Balaban J connectivity index is 1.61. The number of aromatic nitrogens is 2. The average molecular weight is 335 g/mol. The standard InChI is InChI=1S/C19H17N3O3/c1-25-18-11-10-17(21-22-18)19(24)20-12-13-2-4-14(5-3-13)15-6-8-16(23)9-7-15/h2-11,23H,12H2,1H3,(H,20,24). The lowest BCUT2D eigenvalue weighted by Crippen LogP contribution is -2.24. The average Bonchev–Trinajstić information content (AvgIpc) is 2.67. The Morgan fingerprint density at radius 1 is 0.960 bits per heavy atom. The Morgan fingerprint density at radius 3 is 2.16 bits per heavy atom. The van der Waals surface area contributed by atoms with Crippen molar-refractivity contribution in [2.75, 3.05) is 7.11 Å². The van der Waals surface area contributed by atoms with Crippen molar-refractivity contribution in [3.05, 3.63) is 71.9 Å². The molecule has 6 nitrogen and oxygen atoms in total. The van der Waals surface area contributed by atoms with Crippen molar-refractivity contribution in [2.24, 2.45) is 0 Å². The third kappa shape index (κ3) is 4.11. The zero-order valence-corrected chi connectivity index (χ0v) is 13.6. The third-order valence-corrected chi connectivity index (χ3v) is 3.69. The molecule has 0 radical (unpaired) electrons. The Morgan fingerprint density at radius 2 is 1.60 bits per heavy atom. The van der Waals surface area contributed by atoms with Gasteiger partial charge in [-0.3, -0.25) is 4.79 Å². The van der Waals surface area contributed by atoms with E-state index in [-0.39, 0.29) is 17.4 Å². The van der Waals surface area contributed by atoms with E-state index in [0.29, 0.717) is 12.4 Å². The van der Waals surface area contributed by atoms with Crippen LogP contribution < -0.4 is 10.1 Å². The minimum atomic E-state index is -0.294. The molecule has 1 aromatic heterocycles. The number of benzene rings is 2. The molecule has 2 aromatic carbocycles. The van der Waals surface area contributed by atoms with Crippen molar-refractivity contribution in [1.82, 2.24) is 15.5 Å². The number of phenols is 1. The molecule has 0 atom stereocenters. The molecule has 1 heterocycles. The highest BCUT2D eigenvalue weighted by atomic mass is 16.5. The molecule has 25 heavy (non-hydrogen) atoms. The van der Waals surface area contributed by atoms with Crippen LogP contribution in [0.5, 0.6) is 11.6 Å². The number of phenolic OH excluding ortho intramolecular Hbond substituents is 1. The minimum Gasteiger partial charge on any atom is -0.508 e. The molecule has 0 fully saturated rings. The Kier molecular flexibility index (Phi) is 4.89. The van der Waals surface area contributed by atoms with Crippen molar-refractivity contribution in [3.63, 3.8) is 0 Å². The number of methoxy groups -OCH3 is 1. The van der Waals surface area contributed by atoms with Crippen molar-refractivity contribution in [2.45, 2.75) is 6.54 Å². The maximum absolute atomic E-state index is 12.1. The summed E-state index contributed by atoms with van der Waals surface area (Å²) in [4.78, 5) is 12.1. The second kappa shape index (κ2) is 7.44. The quantitative estimate of drug-likeness (QED) is 0.749. The summed E-state index contributed by atoms with van der Waals surface area (Å²) in [5, 5.41) is 19.7. The number of rotatable bonds is 5. The van der Waals surface area contributed by atoms with Crippen LogP contribution in [0, 0.1) is 0 Å². The molecule has 3 rings (SSSR count). The monoisotopic (exact) mass is 335 g/mol. The van der Waals surface area contributed by atoms with Crippen molar-refractivity contribution in [1.29, 1.82) is 0 Å². The van der Waals surface area contributed by atoms with Gasteiger partial charge in [-0.05, 0) is 34.9 Å². The van der Waals surface area contributed by atoms with E-state index >= 15 is 0 Å². The Labute approximate surface area is 145 Å². The van der Waals surface area contributed by atoms with Gasteiger partial charge in [0.1, 0.15) is 5.75 Å². The van der Waals surface area contributed by atoms with Crippen LogP contribution in [0.1, 0.15) is 16.1 Å². The normalized spacial score (nSPS) is 10.3. The van der Waals surface area contributed by atoms with E-state index in [2.05, 4.69) is 15.5 Å². The van der Waals surface area contributed by atoms with Crippen molar-refractivity contribution < 1.29 is 14.6 Å². The van der Waals surface area contributed by atoms with E-state index in [1.165, 1.54) is 7.11 Å². The SMILES string of the molecule is COc1ccc(C(=O)NCc2ccc(-c3ccc(O)cc3)cc2)nn1. The predicted molar refractivity (Wildman–Crippen MR) is 93.3 cm³/mol. The number of carbonyl (C=O) groups is 1. The predicted octanol–water partition coefficient (Wildman–Crippen LogP) is 2.79. The van der Waals surface area contributed by atoms with Gasteiger partial charge in [0.2, 0.25) is 5.88 Å². The van der Waals surface area contributed by atoms with Crippen molar-refractivity contribution >= 4 is 5.91 Å². The summed E-state index contributed by atoms with van der Waals surface area (Å²) in [5.41, 5.74) is 3.26. The molecule has 3 aromatic rings. The number of hydrogen-bond acceptors (Lipinski definition) is 5. The van der Waals surface area contributed by atoms with Gasteiger partial charge in [0.25, 0.3) is 5.91 Å². The summed E-state index contributed by atoms with van der Waals surface area (Å²) >= 11 is 0. The van der Waals surface area contributed by atoms with Gasteiger partial charge in [0, 0.05) is 12.6 Å². The first-order valence-corrected chi connectivity index (χ1v) is 7.70. The molecule has 6 heteroatoms. The number of ether oxygens (including phenoxy) is 1. The molecule has 0 spiro atoms. The first-order chi connectivity index (χ1) is 12.2. The summed E-state index contributed by atoms with van der Waals surface area (Å²) in [6, 6.07) is 18.0. The first-order valence-electron chi connectivity index (χ1n) is 7.70. The fourth-order valence-electron chi connectivity index (χ4n) is 2.29. The van der Waals surface area contributed by atoms with Crippen LogP contribution in [0.4, 0.5) is 0 Å². The van der Waals surface area contributed by atoms with Crippen LogP contribution in [0.25, 0.3) is 11.1 Å². The summed E-state index contributed by atoms with van der Waals surface area (Å²) in [6.45, 7) is 0.391. The highest BCUT2D eigenvalue weighted by molar-refractivity contribution is 5.92. The smallest absolute Gasteiger partial charge is 0.272 e. The molecule has 2 N–H and O–H groups in total. The van der Waals surface area contributed by atoms with E-state index in [0.717, 1.165) is 16.7 Å². The summed E-state index contributed by atoms with van der Waals surface area (Å²) in [6.07, 6.45) is 0. The van der Waals surface area contributed by atoms with E-state index < -0.39 is 0 Å². The number of amides is 1. The Hall–Kier alpha value is -3.41. The molecule has 1 amide bonds. The summed E-state index contributed by atoms with van der Waals surface area (Å²) in [5.74, 6) is 0.309. The van der Waals surface area contributed by atoms with Gasteiger partial charge in [-0.2, -0.15) is 0 Å². The molecule has 0 bridgehead atoms. The fourth-order valence-corrected chi connectivity index (χ4v) is 2.29. The van der Waals surface area contributed by atoms with Gasteiger partial charge in [-0.25, -0.2) is 0 Å². The number of nitrogens with zero attached hydrogens (tertiary/aromatic N) is 2. The van der Waals surface area contributed by atoms with E-state index in [1.54, 1.807) is 24.3 Å². The topological polar surface area (TPSA) is 84.3 Å². The molecule has 126 valence electrons. The number of carbonyl (C=O) groups excluding carboxylic acids is 1. The lowest BCUT2D eigenvalue weighted by molar-refractivity contribution is 0.0944. The van der Waals surface area contributed by atoms with Gasteiger partial charge >= 0.3 is 0 Å². The molecule has 0 saturated heterocycles. The summed E-state index contributed by atoms with van der Waals surface area (Å²) < 4.78 is 4.91. The lowest BCUT2D eigenvalue weighted by atomic mass is 10.0. The van der Waals surface area contributed by atoms with Crippen molar-refractivity contribution in [3.8, 4) is 22.8 Å². The maximum Gasteiger partial charge on any atom is 0.272 e. The van der Waals surface area contributed by atoms with E-state index in [1.807, 2.05) is 36.4 Å². The summed E-state index contributed by atoms with van der Waals surface area (Å²) in [7, 11) is 1.49. The van der Waals surface area contributed by atoms with Crippen LogP contribution in [0.15, 0.2) is 60.7 Å². The van der Waals surface area contributed by atoms with E-state index in [9.17, 15) is 9.90 Å². The van der Waals surface area contributed by atoms with Crippen LogP contribution in [-0.4, -0.2) is 28.3 Å². The third-order valence-electron chi connectivity index (χ3n) is 3.69. The minimum absolute atomic E-state index is 0.238. The number of nitrogens with one attached hydrogen (secondary N) is 1. The molecule has 0 saturated carbocycles. The molecule has 0 aliphatic rings. The lowest BCUT2D eigenvalue weighted by Gasteiger charge is -2.07. The molecule has 0 aliphatic carbocycles. The van der Waals surface area contributed by atoms with E-state index in [4.69, 9.17) is 4.74 Å². The maximum atomic E-state index is 12.1. The van der Waals surface area contributed by atoms with Crippen LogP contribution in [0.3, 0.4) is 0 Å². The van der Waals surface area contributed by atoms with Gasteiger partial charge in [-0.1, -0.05) is 36.4 Å². The zero-order chi connectivity index (χ0) is 17.6. The molecular weight excluding hydrogens is 318 g/mol. The second-order valence-electron chi connectivity index (χ2n) is 5.39. The number of hydrogen-bond donors (Lipinski definition) is 2. The second-order valence-corrected chi connectivity index (χ2v) is 5.39. The van der Waals surface area contributed by atoms with Crippen LogP contribution in [0.2, 0.25) is 0 Å². The molecule has 0 aliphatic heterocycles. The fraction of sp³-hybridized carbons (Fsp3) is 0.105. The zero-order valence-electron chi connectivity index (χ0n) is 13.6. The highest BCUT2D eigenvalue weighted by Crippen LogP contribution is 2.22. The van der Waals surface area contributed by atoms with Gasteiger partial charge in [0.05, 0.1) is 7.11 Å². The first kappa shape index (κ1) is 16.4. The highest BCUT2D eigenvalue weighted by Gasteiger charge is 2.08. The van der Waals surface area contributed by atoms with Crippen LogP contribution >= 0.6 is 0 Å². The van der Waals surface area contributed by atoms with Gasteiger partial charge in [0.15, 0.2) is 5.69 Å². The van der Waals surface area contributed by atoms with Crippen LogP contribution in [-0.2, 0) is 6.54 Å². The van der Waals surface area contributed by atoms with Gasteiger partial charge < -0.3 is 15.2 Å².